The van der Waals surface area contributed by atoms with Crippen LogP contribution in [0.4, 0.5) is 27.1 Å². The molecule has 3 rings (SSSR count). The van der Waals surface area contributed by atoms with E-state index in [1.807, 2.05) is 0 Å². The number of esters is 1. The van der Waals surface area contributed by atoms with E-state index in [1.165, 1.54) is 6.07 Å². The Kier molecular flexibility index (Phi) is 5.57. The monoisotopic (exact) mass is 404 g/mol. The SMILES string of the molecule is COC(=O)c1cc([N+](=O)[O-])cc([N+](=O)[O-])c1N1CCN(c2ccccc2F)CC1. The molecule has 1 heterocycles. The Hall–Kier alpha value is -3.76. The highest BCUT2D eigenvalue weighted by Crippen LogP contribution is 2.37. The fourth-order valence-electron chi connectivity index (χ4n) is 3.33. The van der Waals surface area contributed by atoms with Crippen LogP contribution in [0.1, 0.15) is 10.4 Å². The molecule has 1 aliphatic rings. The van der Waals surface area contributed by atoms with Crippen LogP contribution in [0.25, 0.3) is 0 Å². The van der Waals surface area contributed by atoms with Crippen LogP contribution < -0.4 is 9.80 Å². The van der Waals surface area contributed by atoms with E-state index in [9.17, 15) is 29.4 Å². The van der Waals surface area contributed by atoms with Crippen molar-refractivity contribution in [2.24, 2.45) is 0 Å². The highest BCUT2D eigenvalue weighted by Gasteiger charge is 2.33. The normalized spacial score (nSPS) is 13.9. The van der Waals surface area contributed by atoms with Crippen LogP contribution in [0.2, 0.25) is 0 Å². The molecule has 0 spiro atoms. The summed E-state index contributed by atoms with van der Waals surface area (Å²) in [6, 6.07) is 8.07. The molecule has 1 saturated heterocycles. The van der Waals surface area contributed by atoms with Crippen molar-refractivity contribution in [2.45, 2.75) is 0 Å². The summed E-state index contributed by atoms with van der Waals surface area (Å²) >= 11 is 0. The lowest BCUT2D eigenvalue weighted by Crippen LogP contribution is -2.47. The summed E-state index contributed by atoms with van der Waals surface area (Å²) in [7, 11) is 1.09. The average molecular weight is 404 g/mol. The van der Waals surface area contributed by atoms with Crippen LogP contribution in [0.5, 0.6) is 0 Å². The van der Waals surface area contributed by atoms with Crippen LogP contribution in [-0.2, 0) is 4.74 Å². The topological polar surface area (TPSA) is 119 Å². The van der Waals surface area contributed by atoms with Gasteiger partial charge in [0.05, 0.1) is 34.3 Å². The number of benzene rings is 2. The smallest absolute Gasteiger partial charge is 0.340 e. The molecule has 10 nitrogen and oxygen atoms in total. The van der Waals surface area contributed by atoms with Crippen LogP contribution in [0.3, 0.4) is 0 Å². The van der Waals surface area contributed by atoms with Crippen molar-refractivity contribution >= 4 is 28.7 Å². The number of rotatable bonds is 5. The second-order valence-electron chi connectivity index (χ2n) is 6.29. The summed E-state index contributed by atoms with van der Waals surface area (Å²) in [4.78, 5) is 36.7. The number of hydrogen-bond donors (Lipinski definition) is 0. The minimum absolute atomic E-state index is 0.0411. The molecule has 0 unspecified atom stereocenters. The van der Waals surface area contributed by atoms with E-state index in [0.717, 1.165) is 19.2 Å². The van der Waals surface area contributed by atoms with E-state index in [2.05, 4.69) is 4.74 Å². The molecule has 0 aliphatic carbocycles. The standard InChI is InChI=1S/C18H17FN4O6/c1-29-18(24)13-10-12(22(25)26)11-16(23(27)28)17(13)21-8-6-20(7-9-21)15-5-3-2-4-14(15)19/h2-5,10-11H,6-9H2,1H3. The lowest BCUT2D eigenvalue weighted by Gasteiger charge is -2.37. The number of carbonyl (C=O) groups is 1. The maximum Gasteiger partial charge on any atom is 0.340 e. The first kappa shape index (κ1) is 20.0. The van der Waals surface area contributed by atoms with Crippen LogP contribution in [0.15, 0.2) is 36.4 Å². The van der Waals surface area contributed by atoms with Gasteiger partial charge in [0.2, 0.25) is 0 Å². The molecule has 0 aromatic heterocycles. The molecule has 152 valence electrons. The number of nitrogens with zero attached hydrogens (tertiary/aromatic N) is 4. The van der Waals surface area contributed by atoms with Gasteiger partial charge in [-0.05, 0) is 12.1 Å². The summed E-state index contributed by atoms with van der Waals surface area (Å²) < 4.78 is 18.7. The number of nitro groups is 2. The molecule has 2 aromatic rings. The Balaban J connectivity index is 1.98. The molecule has 0 atom stereocenters. The predicted octanol–water partition coefficient (Wildman–Crippen LogP) is 2.76. The molecule has 0 bridgehead atoms. The molecular formula is C18H17FN4O6. The third-order valence-corrected chi connectivity index (χ3v) is 4.68. The van der Waals surface area contributed by atoms with E-state index >= 15 is 0 Å². The number of ether oxygens (including phenoxy) is 1. The fourth-order valence-corrected chi connectivity index (χ4v) is 3.33. The van der Waals surface area contributed by atoms with E-state index in [0.29, 0.717) is 18.8 Å². The maximum atomic E-state index is 14.0. The molecule has 1 fully saturated rings. The molecule has 0 saturated carbocycles. The van der Waals surface area contributed by atoms with Crippen LogP contribution >= 0.6 is 0 Å². The number of nitro benzene ring substituents is 2. The van der Waals surface area contributed by atoms with E-state index < -0.39 is 27.2 Å². The van der Waals surface area contributed by atoms with Gasteiger partial charge >= 0.3 is 5.97 Å². The zero-order chi connectivity index (χ0) is 21.1. The van der Waals surface area contributed by atoms with Gasteiger partial charge < -0.3 is 14.5 Å². The van der Waals surface area contributed by atoms with Gasteiger partial charge in [-0.1, -0.05) is 12.1 Å². The lowest BCUT2D eigenvalue weighted by molar-refractivity contribution is -0.393. The second kappa shape index (κ2) is 8.09. The summed E-state index contributed by atoms with van der Waals surface area (Å²) in [6.45, 7) is 1.18. The van der Waals surface area contributed by atoms with E-state index in [-0.39, 0.29) is 30.2 Å². The fraction of sp³-hybridized carbons (Fsp3) is 0.278. The zero-order valence-electron chi connectivity index (χ0n) is 15.4. The Morgan fingerprint density at radius 1 is 1.03 bits per heavy atom. The summed E-state index contributed by atoms with van der Waals surface area (Å²) in [6.07, 6.45) is 0. The number of carbonyl (C=O) groups excluding carboxylic acids is 1. The van der Waals surface area contributed by atoms with Gasteiger partial charge in [0.25, 0.3) is 11.4 Å². The minimum Gasteiger partial charge on any atom is -0.465 e. The largest absolute Gasteiger partial charge is 0.465 e. The molecular weight excluding hydrogens is 387 g/mol. The van der Waals surface area contributed by atoms with Gasteiger partial charge in [-0.2, -0.15) is 0 Å². The van der Waals surface area contributed by atoms with Gasteiger partial charge in [0.1, 0.15) is 11.5 Å². The van der Waals surface area contributed by atoms with Crippen LogP contribution in [-0.4, -0.2) is 49.1 Å². The number of anilines is 2. The van der Waals surface area contributed by atoms with Crippen molar-refractivity contribution in [1.29, 1.82) is 0 Å². The minimum atomic E-state index is -0.914. The second-order valence-corrected chi connectivity index (χ2v) is 6.29. The predicted molar refractivity (Wildman–Crippen MR) is 102 cm³/mol. The summed E-state index contributed by atoms with van der Waals surface area (Å²) in [5, 5.41) is 22.7. The Morgan fingerprint density at radius 3 is 2.21 bits per heavy atom. The summed E-state index contributed by atoms with van der Waals surface area (Å²) in [5.74, 6) is -1.29. The Morgan fingerprint density at radius 2 is 1.66 bits per heavy atom. The molecule has 0 radical (unpaired) electrons. The van der Waals surface area contributed by atoms with Crippen molar-refractivity contribution in [3.63, 3.8) is 0 Å². The molecule has 11 heteroatoms. The van der Waals surface area contributed by atoms with Gasteiger partial charge in [0.15, 0.2) is 0 Å². The van der Waals surface area contributed by atoms with Gasteiger partial charge in [-0.25, -0.2) is 9.18 Å². The first-order valence-electron chi connectivity index (χ1n) is 8.63. The number of hydrogen-bond acceptors (Lipinski definition) is 8. The zero-order valence-corrected chi connectivity index (χ0v) is 15.4. The van der Waals surface area contributed by atoms with Gasteiger partial charge in [-0.15, -0.1) is 0 Å². The van der Waals surface area contributed by atoms with E-state index in [4.69, 9.17) is 0 Å². The molecule has 0 N–H and O–H groups in total. The van der Waals surface area contributed by atoms with Crippen molar-refractivity contribution in [3.8, 4) is 0 Å². The first-order valence-corrected chi connectivity index (χ1v) is 8.63. The molecule has 29 heavy (non-hydrogen) atoms. The molecule has 2 aromatic carbocycles. The molecule has 0 amide bonds. The van der Waals surface area contributed by atoms with E-state index in [1.54, 1.807) is 28.0 Å². The highest BCUT2D eigenvalue weighted by molar-refractivity contribution is 5.99. The summed E-state index contributed by atoms with van der Waals surface area (Å²) in [5.41, 5.74) is -1.02. The van der Waals surface area contributed by atoms with Crippen molar-refractivity contribution in [2.75, 3.05) is 43.1 Å². The Bertz CT molecular complexity index is 975. The highest BCUT2D eigenvalue weighted by atomic mass is 19.1. The number of piperazine rings is 1. The first-order chi connectivity index (χ1) is 13.8. The van der Waals surface area contributed by atoms with Gasteiger partial charge in [0, 0.05) is 32.2 Å². The number of para-hydroxylation sites is 1. The average Bonchev–Trinajstić information content (AvgIpc) is 2.72. The number of non-ortho nitro benzene ring substituents is 1. The maximum absolute atomic E-state index is 14.0. The Labute approximate surface area is 164 Å². The lowest BCUT2D eigenvalue weighted by atomic mass is 10.1. The third-order valence-electron chi connectivity index (χ3n) is 4.68. The number of halogens is 1. The number of methoxy groups -OCH3 is 1. The van der Waals surface area contributed by atoms with Crippen LogP contribution in [0, 0.1) is 26.0 Å². The van der Waals surface area contributed by atoms with Crippen molar-refractivity contribution in [3.05, 3.63) is 68.0 Å². The van der Waals surface area contributed by atoms with Gasteiger partial charge in [-0.3, -0.25) is 20.2 Å². The van der Waals surface area contributed by atoms with Crippen molar-refractivity contribution < 1.29 is 23.8 Å². The van der Waals surface area contributed by atoms with Crippen molar-refractivity contribution in [1.82, 2.24) is 0 Å². The molecule has 1 aliphatic heterocycles. The quantitative estimate of drug-likeness (QED) is 0.424. The third kappa shape index (κ3) is 3.93.